The number of esters is 2. The zero-order valence-corrected chi connectivity index (χ0v) is 35.4. The first-order valence-corrected chi connectivity index (χ1v) is 24.8. The van der Waals surface area contributed by atoms with Gasteiger partial charge in [0.15, 0.2) is 5.78 Å². The zero-order valence-electron chi connectivity index (χ0n) is 26.0. The van der Waals surface area contributed by atoms with Gasteiger partial charge in [0, 0.05) is 49.5 Å². The molecule has 2 spiro atoms. The molecule has 0 aromatic carbocycles. The standard InChI is InChI=1S/C23H28O5.C6H12O4.3HI.H2O.O.2V/c1-20-8-4-15-18(16(20)5-9-22(20)10-6-17(25)27-22)14-12-23(28-19(14)26)11-13(24)3-7-21(15,23)2;1-4(2)5(7)6(9-3)10-8;;;;;;;/h4,14,16,18H,3,5-12H2,1-2H3;4,6,8H,1-3H3;3*1H;1H2;;;/q;;;;;;;+1;+2/p-3/t14-,16+,18-,20+,21-,22-,23+;;;;;;;;/m1......../s1. The molecule has 2 aliphatic heterocycles. The number of Topliss-reactive ketones (excluding diaryl/α,β-unsaturated/α-hetero) is 2. The summed E-state index contributed by atoms with van der Waals surface area (Å²) in [6.07, 6.45) is 7.73. The van der Waals surface area contributed by atoms with Crippen LogP contribution in [0.1, 0.15) is 85.5 Å². The number of rotatable bonds is 4. The average molecular weight is 1050 g/mol. The van der Waals surface area contributed by atoms with Crippen LogP contribution in [0.15, 0.2) is 11.6 Å². The molecule has 0 aromatic heterocycles. The van der Waals surface area contributed by atoms with Gasteiger partial charge in [-0.05, 0) is 43.9 Å². The van der Waals surface area contributed by atoms with E-state index in [0.717, 1.165) is 32.1 Å². The Hall–Kier alpha value is 1.02. The number of ether oxygens (including phenoxy) is 3. The molecular weight excluding hydrogens is 1010 g/mol. The summed E-state index contributed by atoms with van der Waals surface area (Å²) in [6.45, 7) is 7.92. The number of methoxy groups -OCH3 is 1. The van der Waals surface area contributed by atoms with E-state index in [2.05, 4.69) is 69.5 Å². The summed E-state index contributed by atoms with van der Waals surface area (Å²) in [4.78, 5) is 52.0. The van der Waals surface area contributed by atoms with Gasteiger partial charge in [-0.15, -0.1) is 24.0 Å². The van der Waals surface area contributed by atoms with Crippen LogP contribution in [0, 0.1) is 34.5 Å². The maximum atomic E-state index is 13.0. The summed E-state index contributed by atoms with van der Waals surface area (Å²) >= 11 is 3.18. The van der Waals surface area contributed by atoms with E-state index < -0.39 is 28.5 Å². The van der Waals surface area contributed by atoms with Gasteiger partial charge in [-0.1, -0.05) is 39.3 Å². The number of allylic oxidation sites excluding steroid dienone is 1. The maximum absolute atomic E-state index is 13.0. The minimum absolute atomic E-state index is 0. The van der Waals surface area contributed by atoms with Crippen molar-refractivity contribution in [3.05, 3.63) is 11.6 Å². The number of fused-ring (bicyclic) bond motifs is 7. The van der Waals surface area contributed by atoms with Crippen LogP contribution in [-0.2, 0) is 68.0 Å². The summed E-state index contributed by atoms with van der Waals surface area (Å²) in [5.74, 6) is -0.0759. The first-order chi connectivity index (χ1) is 20.7. The van der Waals surface area contributed by atoms with Crippen LogP contribution in [0.4, 0.5) is 0 Å². The Morgan fingerprint density at radius 1 is 1.09 bits per heavy atom. The van der Waals surface area contributed by atoms with E-state index in [-0.39, 0.29) is 81.7 Å². The van der Waals surface area contributed by atoms with Crippen molar-refractivity contribution in [3.63, 3.8) is 0 Å². The molecule has 4 aliphatic carbocycles. The Bertz CT molecular complexity index is 1170. The van der Waals surface area contributed by atoms with Crippen LogP contribution in [0.25, 0.3) is 0 Å². The fraction of sp³-hybridized carbons (Fsp3) is 0.793. The van der Waals surface area contributed by atoms with Gasteiger partial charge in [-0.25, -0.2) is 5.26 Å². The van der Waals surface area contributed by atoms with E-state index >= 15 is 0 Å². The molecule has 0 aromatic rings. The predicted octanol–water partition coefficient (Wildman–Crippen LogP) is 5.88. The third-order valence-corrected chi connectivity index (χ3v) is 11.0. The van der Waals surface area contributed by atoms with Crippen molar-refractivity contribution in [2.45, 2.75) is 103 Å². The van der Waals surface area contributed by atoms with Gasteiger partial charge in [-0.2, -0.15) is 4.89 Å². The van der Waals surface area contributed by atoms with Crippen molar-refractivity contribution in [2.75, 3.05) is 7.11 Å². The van der Waals surface area contributed by atoms with Gasteiger partial charge in [0.25, 0.3) is 0 Å². The first kappa shape index (κ1) is 42.2. The molecule has 3 saturated carbocycles. The molecule has 0 amide bonds. The molecule has 2 heterocycles. The molecule has 1 unspecified atom stereocenters. The number of hydrogen-bond acceptors (Lipinski definition) is 10. The summed E-state index contributed by atoms with van der Waals surface area (Å²) in [6, 6.07) is 0. The molecule has 16 heteroatoms. The van der Waals surface area contributed by atoms with E-state index in [9.17, 15) is 19.2 Å². The fourth-order valence-corrected chi connectivity index (χ4v) is 8.79. The molecule has 8 atom stereocenters. The number of hydrogen-bond donors (Lipinski definition) is 2. The molecule has 2 N–H and O–H groups in total. The monoisotopic (exact) mass is 1050 g/mol. The van der Waals surface area contributed by atoms with Gasteiger partial charge in [0.05, 0.1) is 5.92 Å². The summed E-state index contributed by atoms with van der Waals surface area (Å²) in [5.41, 5.74) is 0.0216. The quantitative estimate of drug-likeness (QED) is 0.0864. The van der Waals surface area contributed by atoms with E-state index in [1.165, 1.54) is 12.7 Å². The van der Waals surface area contributed by atoms with E-state index in [4.69, 9.17) is 22.4 Å². The van der Waals surface area contributed by atoms with Crippen molar-refractivity contribution >= 4 is 87.4 Å². The Balaban J connectivity index is 0.000000352. The third-order valence-electron chi connectivity index (χ3n) is 11.0. The number of carbonyl (C=O) groups excluding carboxylic acids is 4. The molecule has 5 fully saturated rings. The Morgan fingerprint density at radius 2 is 1.71 bits per heavy atom. The fourth-order valence-electron chi connectivity index (χ4n) is 8.79. The van der Waals surface area contributed by atoms with Crippen molar-refractivity contribution in [2.24, 2.45) is 34.5 Å². The summed E-state index contributed by atoms with van der Waals surface area (Å²) < 4.78 is 32.2. The summed E-state index contributed by atoms with van der Waals surface area (Å²) in [5, 5.41) is 8.10. The third kappa shape index (κ3) is 7.85. The Kier molecular flexibility index (Phi) is 16.2. The predicted molar refractivity (Wildman–Crippen MR) is 180 cm³/mol. The molecule has 45 heavy (non-hydrogen) atoms. The van der Waals surface area contributed by atoms with Crippen LogP contribution in [0.3, 0.4) is 0 Å². The second-order valence-corrected chi connectivity index (χ2v) is 25.1. The van der Waals surface area contributed by atoms with E-state index in [1.807, 2.05) is 0 Å². The molecule has 0 radical (unpaired) electrons. The second-order valence-electron chi connectivity index (χ2n) is 13.1. The molecule has 6 rings (SSSR count). The van der Waals surface area contributed by atoms with Gasteiger partial charge < -0.3 is 14.2 Å². The van der Waals surface area contributed by atoms with E-state index in [0.29, 0.717) is 41.1 Å². The summed E-state index contributed by atoms with van der Waals surface area (Å²) in [7, 11) is 1.92. The van der Waals surface area contributed by atoms with Gasteiger partial charge in [-0.3, -0.25) is 19.2 Å². The van der Waals surface area contributed by atoms with Gasteiger partial charge in [0.2, 0.25) is 6.29 Å². The first-order valence-electron chi connectivity index (χ1n) is 14.6. The number of ketones is 2. The van der Waals surface area contributed by atoms with Crippen LogP contribution in [-0.4, -0.2) is 57.4 Å². The normalized spacial score (nSPS) is 37.2. The minimum atomic E-state index is -1.56. The topological polar surface area (TPSA) is 163 Å². The van der Waals surface area contributed by atoms with Crippen molar-refractivity contribution in [3.8, 4) is 0 Å². The van der Waals surface area contributed by atoms with Gasteiger partial charge >= 0.3 is 85.7 Å². The SMILES string of the molecule is COC(OO)C(=O)C(C)C.C[C@]12CC=C3[C@@H]([C@H]4C[C@]5(CC(=O)CC[C@]35C)OC4=O)[C@@H]1CC[C@@]21CCC(=O)O1.I.[I][V][I].[O]=[V][OH]. The molecule has 2 bridgehead atoms. The number of carbonyl (C=O) groups is 4. The van der Waals surface area contributed by atoms with Crippen molar-refractivity contribution < 1.29 is 77.3 Å². The van der Waals surface area contributed by atoms with Crippen LogP contribution >= 0.6 is 63.9 Å². The van der Waals surface area contributed by atoms with Crippen LogP contribution in [0.5, 0.6) is 0 Å². The molecule has 6 aliphatic rings. The van der Waals surface area contributed by atoms with Crippen LogP contribution < -0.4 is 0 Å². The van der Waals surface area contributed by atoms with Crippen molar-refractivity contribution in [1.29, 1.82) is 0 Å². The zero-order chi connectivity index (χ0) is 33.1. The van der Waals surface area contributed by atoms with Crippen molar-refractivity contribution in [1.82, 2.24) is 0 Å². The Morgan fingerprint density at radius 3 is 2.20 bits per heavy atom. The molecule has 2 saturated heterocycles. The Labute approximate surface area is 317 Å². The molecular formula is C29H42I3O11V2. The van der Waals surface area contributed by atoms with Crippen LogP contribution in [0.2, 0.25) is 0 Å². The average Bonchev–Trinajstić information content (AvgIpc) is 3.59. The van der Waals surface area contributed by atoms with Gasteiger partial charge in [0.1, 0.15) is 17.0 Å². The second kappa shape index (κ2) is 17.3. The number of halogens is 3. The van der Waals surface area contributed by atoms with E-state index in [1.54, 1.807) is 13.8 Å². The molecule has 255 valence electrons. The molecule has 11 nitrogen and oxygen atoms in total.